The Kier molecular flexibility index (Phi) is 28.6. The lowest BCUT2D eigenvalue weighted by atomic mass is 10.1. The molecule has 0 unspecified atom stereocenters. The van der Waals surface area contributed by atoms with Gasteiger partial charge in [-0.25, -0.2) is 78.7 Å². The van der Waals surface area contributed by atoms with E-state index in [1.807, 2.05) is 4.90 Å². The number of nitrogens with zero attached hydrogens (tertiary/aromatic N) is 19. The summed E-state index contributed by atoms with van der Waals surface area (Å²) < 4.78 is 118. The highest BCUT2D eigenvalue weighted by Crippen LogP contribution is 2.29. The summed E-state index contributed by atoms with van der Waals surface area (Å²) in [5, 5.41) is 33.9. The van der Waals surface area contributed by atoms with Crippen LogP contribution in [-0.2, 0) is 87.1 Å². The predicted octanol–water partition coefficient (Wildman–Crippen LogP) is 5.42. The number of carbonyl (C=O) groups is 3. The third-order valence-electron chi connectivity index (χ3n) is 20.2. The molecule has 36 nitrogen and oxygen atoms in total. The molecule has 0 radical (unpaired) electrons. The molecule has 0 aliphatic rings. The lowest BCUT2D eigenvalue weighted by Gasteiger charge is -2.14. The summed E-state index contributed by atoms with van der Waals surface area (Å²) in [6.45, 7) is -1.20. The minimum Gasteiger partial charge on any atom is -0.480 e. The summed E-state index contributed by atoms with van der Waals surface area (Å²) in [6.07, 6.45) is 0.482. The number of rotatable bonds is 31. The SMILES string of the molecule is COCC(=O)Cc1ccc(-n2nc3c(c2CN(C)C)c(=O)n(-c2ccc(=O)[nH]n2)c(=O)n3Cc2c(F)cccc2F)cc1.COCC(=O)Cc1ccc(-n2nc3c(c2CN(C)C)c(=O)n(-c2ccc(=O)[nH]n2)c(=O)n3Cc2c(F)cccc2F)cc1.COCC(=O)Cc1ccc(-n2nc3c(c2CN(C)C)c(=O)n(-c2ccc(OC)nn2)c(=O)n3Cc2c(F)cccc2F)cc1. The summed E-state index contributed by atoms with van der Waals surface area (Å²) in [5.41, 5.74) is -2.77. The van der Waals surface area contributed by atoms with Gasteiger partial charge >= 0.3 is 17.1 Å². The van der Waals surface area contributed by atoms with Crippen LogP contribution in [0.2, 0.25) is 0 Å². The van der Waals surface area contributed by atoms with Crippen LogP contribution in [-0.4, -0.2) is 210 Å². The summed E-state index contributed by atoms with van der Waals surface area (Å²) in [6, 6.07) is 38.2. The zero-order valence-corrected chi connectivity index (χ0v) is 71.5. The molecule has 0 aliphatic carbocycles. The molecule has 0 spiro atoms. The third-order valence-corrected chi connectivity index (χ3v) is 20.2. The standard InChI is InChI=1S/C30H29F2N7O5.2C29H27F2N7O5/c1-36(2)16-24-27-28(35-39(24)19-10-8-18(9-11-19)14-20(40)17-43-3)37(15-21-22(31)6-5-7-23(21)32)30(42)38(29(27)41)25-12-13-26(44-4)34-33-25;2*1-35(2)15-23-26-27(34-38(23)18-9-7-17(8-10-18)13-19(39)16-43-3)36(14-20-21(30)5-4-6-22(20)31)29(42)37(28(26)41)24-11-12-25(40)33-32-24/h5-13H,14-17H2,1-4H3;2*4-12H,13-16H2,1-3H3,(H,33,40). The van der Waals surface area contributed by atoms with Crippen LogP contribution in [0.4, 0.5) is 26.3 Å². The topological polar surface area (TPSA) is 401 Å². The maximum absolute atomic E-state index is 14.8. The number of hydrogen-bond acceptors (Lipinski definition) is 25. The minimum absolute atomic E-state index is 0.00966. The molecule has 9 aromatic heterocycles. The van der Waals surface area contributed by atoms with Crippen molar-refractivity contribution >= 4 is 50.4 Å². The van der Waals surface area contributed by atoms with E-state index in [2.05, 4.69) is 45.9 Å². The van der Waals surface area contributed by atoms with Crippen molar-refractivity contribution in [2.75, 3.05) is 90.5 Å². The number of fused-ring (bicyclic) bond motifs is 3. The van der Waals surface area contributed by atoms with Gasteiger partial charge < -0.3 is 33.6 Å². The van der Waals surface area contributed by atoms with Crippen LogP contribution in [0.5, 0.6) is 5.88 Å². The van der Waals surface area contributed by atoms with Crippen LogP contribution in [0.1, 0.15) is 50.5 Å². The van der Waals surface area contributed by atoms with Crippen LogP contribution in [0.25, 0.3) is 67.6 Å². The Morgan fingerprint density at radius 3 is 0.869 bits per heavy atom. The fourth-order valence-electron chi connectivity index (χ4n) is 14.4. The van der Waals surface area contributed by atoms with Crippen molar-refractivity contribution in [3.05, 3.63) is 332 Å². The minimum atomic E-state index is -0.965. The number of nitrogens with one attached hydrogen (secondary N) is 2. The number of Topliss-reactive ketones (excluding diaryl/α,β-unsaturated/α-hetero) is 3. The Bertz CT molecular complexity index is 6950. The Labute approximate surface area is 730 Å². The normalized spacial score (nSPS) is 11.5. The van der Waals surface area contributed by atoms with Crippen molar-refractivity contribution in [2.24, 2.45) is 0 Å². The van der Waals surface area contributed by atoms with Gasteiger partial charge in [0.15, 0.2) is 51.7 Å². The number of carbonyl (C=O) groups excluding carboxylic acids is 3. The highest BCUT2D eigenvalue weighted by molar-refractivity contribution is 5.84. The van der Waals surface area contributed by atoms with Crippen LogP contribution in [0.3, 0.4) is 0 Å². The van der Waals surface area contributed by atoms with Crippen molar-refractivity contribution in [1.29, 1.82) is 0 Å². The van der Waals surface area contributed by atoms with Crippen LogP contribution >= 0.6 is 0 Å². The van der Waals surface area contributed by atoms with E-state index in [1.165, 1.54) is 84.9 Å². The molecule has 0 fully saturated rings. The monoisotopic (exact) mass is 1790 g/mol. The van der Waals surface area contributed by atoms with Gasteiger partial charge in [0.2, 0.25) is 5.88 Å². The smallest absolute Gasteiger partial charge is 0.338 e. The molecule has 130 heavy (non-hydrogen) atoms. The van der Waals surface area contributed by atoms with E-state index >= 15 is 0 Å². The molecule has 0 aliphatic heterocycles. The van der Waals surface area contributed by atoms with Crippen molar-refractivity contribution in [2.45, 2.75) is 58.5 Å². The molecule has 42 heteroatoms. The average molecular weight is 1790 g/mol. The number of aromatic nitrogens is 18. The number of hydrogen-bond donors (Lipinski definition) is 2. The summed E-state index contributed by atoms with van der Waals surface area (Å²) in [7, 11) is 16.4. The lowest BCUT2D eigenvalue weighted by Crippen LogP contribution is -2.40. The van der Waals surface area contributed by atoms with Crippen molar-refractivity contribution < 1.29 is 59.7 Å². The van der Waals surface area contributed by atoms with E-state index in [1.54, 1.807) is 125 Å². The molecule has 6 aromatic carbocycles. The second-order valence-corrected chi connectivity index (χ2v) is 30.5. The summed E-state index contributed by atoms with van der Waals surface area (Å²) in [5.74, 6) is -5.88. The van der Waals surface area contributed by atoms with E-state index in [9.17, 15) is 79.1 Å². The number of benzene rings is 6. The van der Waals surface area contributed by atoms with Gasteiger partial charge in [-0.1, -0.05) is 54.6 Å². The highest BCUT2D eigenvalue weighted by Gasteiger charge is 2.31. The van der Waals surface area contributed by atoms with Gasteiger partial charge in [0, 0.05) is 95.1 Å². The summed E-state index contributed by atoms with van der Waals surface area (Å²) in [4.78, 5) is 149. The first-order valence-electron chi connectivity index (χ1n) is 39.7. The zero-order chi connectivity index (χ0) is 93.2. The molecular weight excluding hydrogens is 1710 g/mol. The number of halogens is 6. The fourth-order valence-corrected chi connectivity index (χ4v) is 14.4. The van der Waals surface area contributed by atoms with Crippen LogP contribution in [0.15, 0.2) is 202 Å². The fraction of sp³-hybridized carbons (Fsp3) is 0.250. The Morgan fingerprint density at radius 1 is 0.354 bits per heavy atom. The molecule has 15 aromatic rings. The molecule has 9 heterocycles. The Hall–Kier alpha value is -15.2. The van der Waals surface area contributed by atoms with Gasteiger partial charge in [-0.15, -0.1) is 25.5 Å². The molecule has 0 atom stereocenters. The van der Waals surface area contributed by atoms with E-state index < -0.39 is 111 Å². The molecule has 0 saturated carbocycles. The molecule has 0 amide bonds. The van der Waals surface area contributed by atoms with E-state index in [4.69, 9.17) is 18.9 Å². The maximum atomic E-state index is 14.8. The Morgan fingerprint density at radius 2 is 0.631 bits per heavy atom. The number of H-pyrrole nitrogens is 2. The van der Waals surface area contributed by atoms with Gasteiger partial charge in [0.1, 0.15) is 70.9 Å². The van der Waals surface area contributed by atoms with E-state index in [-0.39, 0.29) is 138 Å². The molecule has 0 saturated heterocycles. The van der Waals surface area contributed by atoms with Crippen molar-refractivity contribution in [3.63, 3.8) is 0 Å². The molecular formula is C88H83F6N21O15. The van der Waals surface area contributed by atoms with E-state index in [0.717, 1.165) is 92.6 Å². The van der Waals surface area contributed by atoms with Crippen LogP contribution < -0.4 is 49.6 Å². The van der Waals surface area contributed by atoms with Gasteiger partial charge in [0.25, 0.3) is 27.8 Å². The number of aromatic amines is 2. The predicted molar refractivity (Wildman–Crippen MR) is 462 cm³/mol. The van der Waals surface area contributed by atoms with Gasteiger partial charge in [-0.3, -0.25) is 52.1 Å². The number of ether oxygens (including phenoxy) is 4. The lowest BCUT2D eigenvalue weighted by molar-refractivity contribution is -0.122. The largest absolute Gasteiger partial charge is 0.480 e. The first-order valence-corrected chi connectivity index (χ1v) is 39.7. The second-order valence-electron chi connectivity index (χ2n) is 30.5. The second kappa shape index (κ2) is 40.2. The van der Waals surface area contributed by atoms with E-state index in [0.29, 0.717) is 34.1 Å². The van der Waals surface area contributed by atoms with Crippen molar-refractivity contribution in [1.82, 2.24) is 102 Å². The molecule has 15 rings (SSSR count). The van der Waals surface area contributed by atoms with Crippen molar-refractivity contribution in [3.8, 4) is 40.4 Å². The first kappa shape index (κ1) is 92.4. The first-order chi connectivity index (χ1) is 62.3. The van der Waals surface area contributed by atoms with Crippen LogP contribution in [0, 0.1) is 34.9 Å². The summed E-state index contributed by atoms with van der Waals surface area (Å²) >= 11 is 0. The van der Waals surface area contributed by atoms with Gasteiger partial charge in [-0.2, -0.15) is 10.2 Å². The number of methoxy groups -OCH3 is 4. The zero-order valence-electron chi connectivity index (χ0n) is 71.5. The van der Waals surface area contributed by atoms with Gasteiger partial charge in [-0.05, 0) is 150 Å². The molecule has 2 N–H and O–H groups in total. The molecule has 672 valence electrons. The average Bonchev–Trinajstić information content (AvgIpc) is 1.55. The maximum Gasteiger partial charge on any atom is 0.338 e. The molecule has 0 bridgehead atoms. The van der Waals surface area contributed by atoms with Gasteiger partial charge in [0.05, 0.1) is 60.9 Å². The quantitative estimate of drug-likeness (QED) is 0.0512. The third kappa shape index (κ3) is 19.9. The Balaban J connectivity index is 0.000000166. The highest BCUT2D eigenvalue weighted by atomic mass is 19.2. The number of ketones is 3.